The number of likely N-dealkylation sites (tertiary alicyclic amines) is 1. The smallest absolute Gasteiger partial charge is 0.410 e. The van der Waals surface area contributed by atoms with Crippen molar-refractivity contribution in [2.45, 2.75) is 64.5 Å². The van der Waals surface area contributed by atoms with Crippen molar-refractivity contribution >= 4 is 17.7 Å². The molecule has 1 atom stereocenters. The van der Waals surface area contributed by atoms with Gasteiger partial charge in [-0.05, 0) is 58.1 Å². The van der Waals surface area contributed by atoms with Crippen LogP contribution in [0.25, 0.3) is 5.65 Å². The van der Waals surface area contributed by atoms with Crippen LogP contribution >= 0.6 is 0 Å². The summed E-state index contributed by atoms with van der Waals surface area (Å²) in [6.45, 7) is 7.76. The molecule has 1 N–H and O–H groups in total. The average Bonchev–Trinajstić information content (AvgIpc) is 3.42. The number of hydrogen-bond donors (Lipinski definition) is 1. The molecule has 1 amide bonds. The molecule has 1 saturated heterocycles. The standard InChI is InChI=1S/C25H31FN6O3/c1-25(2,3)35-24(33)31-10-4-5-16(8-11-31)18-13-27-23(32-15-29-30-22(18)32)28-14-19-17-9-12-34-21(17)7-6-20(19)26/h6-7,13,15-16H,4-5,8-12,14H2,1-3H3,(H,27,28). The van der Waals surface area contributed by atoms with Crippen molar-refractivity contribution in [1.82, 2.24) is 24.5 Å². The Kier molecular flexibility index (Phi) is 6.21. The molecule has 0 aliphatic carbocycles. The highest BCUT2D eigenvalue weighted by Crippen LogP contribution is 2.33. The van der Waals surface area contributed by atoms with Crippen LogP contribution in [-0.4, -0.2) is 55.9 Å². The van der Waals surface area contributed by atoms with Gasteiger partial charge in [-0.3, -0.25) is 4.40 Å². The monoisotopic (exact) mass is 482 g/mol. The zero-order chi connectivity index (χ0) is 24.6. The molecule has 3 aromatic rings. The minimum Gasteiger partial charge on any atom is -0.493 e. The second-order valence-electron chi connectivity index (χ2n) is 10.1. The fourth-order valence-electron chi connectivity index (χ4n) is 4.85. The van der Waals surface area contributed by atoms with Crippen LogP contribution < -0.4 is 10.1 Å². The van der Waals surface area contributed by atoms with Crippen LogP contribution in [0.3, 0.4) is 0 Å². The number of amides is 1. The summed E-state index contributed by atoms with van der Waals surface area (Å²) in [5, 5.41) is 11.7. The normalized spacial score (nSPS) is 18.2. The number of nitrogens with one attached hydrogen (secondary N) is 1. The van der Waals surface area contributed by atoms with E-state index in [0.29, 0.717) is 37.6 Å². The Morgan fingerprint density at radius 2 is 2.14 bits per heavy atom. The molecule has 2 aliphatic heterocycles. The number of carbonyl (C=O) groups is 1. The van der Waals surface area contributed by atoms with E-state index in [-0.39, 0.29) is 24.4 Å². The minimum atomic E-state index is -0.515. The number of halogens is 1. The van der Waals surface area contributed by atoms with E-state index in [1.165, 1.54) is 6.07 Å². The fourth-order valence-corrected chi connectivity index (χ4v) is 4.85. The van der Waals surface area contributed by atoms with Gasteiger partial charge in [0.15, 0.2) is 5.65 Å². The Hall–Kier alpha value is -3.43. The van der Waals surface area contributed by atoms with E-state index in [1.807, 2.05) is 31.4 Å². The maximum absolute atomic E-state index is 14.5. The quantitative estimate of drug-likeness (QED) is 0.592. The highest BCUT2D eigenvalue weighted by Gasteiger charge is 2.27. The largest absolute Gasteiger partial charge is 0.493 e. The number of ether oxygens (including phenoxy) is 2. The zero-order valence-electron chi connectivity index (χ0n) is 20.4. The summed E-state index contributed by atoms with van der Waals surface area (Å²) in [4.78, 5) is 19.0. The molecule has 2 aliphatic rings. The van der Waals surface area contributed by atoms with Crippen molar-refractivity contribution in [1.29, 1.82) is 0 Å². The second-order valence-corrected chi connectivity index (χ2v) is 10.1. The Labute approximate surface area is 203 Å². The maximum Gasteiger partial charge on any atom is 0.410 e. The number of benzene rings is 1. The average molecular weight is 483 g/mol. The second kappa shape index (κ2) is 9.31. The van der Waals surface area contributed by atoms with Crippen molar-refractivity contribution < 1.29 is 18.7 Å². The summed E-state index contributed by atoms with van der Waals surface area (Å²) in [5.41, 5.74) is 2.71. The van der Waals surface area contributed by atoms with Gasteiger partial charge in [0.2, 0.25) is 5.95 Å². The van der Waals surface area contributed by atoms with Gasteiger partial charge >= 0.3 is 6.09 Å². The summed E-state index contributed by atoms with van der Waals surface area (Å²) in [6, 6.07) is 3.13. The first-order valence-corrected chi connectivity index (χ1v) is 12.1. The molecule has 4 heterocycles. The lowest BCUT2D eigenvalue weighted by atomic mass is 9.94. The van der Waals surface area contributed by atoms with Gasteiger partial charge in [-0.1, -0.05) is 0 Å². The summed E-state index contributed by atoms with van der Waals surface area (Å²) >= 11 is 0. The van der Waals surface area contributed by atoms with Crippen LogP contribution in [0.4, 0.5) is 15.1 Å². The van der Waals surface area contributed by atoms with E-state index in [4.69, 9.17) is 9.47 Å². The minimum absolute atomic E-state index is 0.197. The molecule has 186 valence electrons. The summed E-state index contributed by atoms with van der Waals surface area (Å²) in [7, 11) is 0. The van der Waals surface area contributed by atoms with Crippen LogP contribution in [0.15, 0.2) is 24.7 Å². The third kappa shape index (κ3) is 4.87. The van der Waals surface area contributed by atoms with Gasteiger partial charge in [-0.25, -0.2) is 14.2 Å². The maximum atomic E-state index is 14.5. The van der Waals surface area contributed by atoms with Crippen molar-refractivity contribution in [3.05, 3.63) is 47.2 Å². The zero-order valence-corrected chi connectivity index (χ0v) is 20.4. The van der Waals surface area contributed by atoms with Crippen LogP contribution in [-0.2, 0) is 17.7 Å². The molecule has 5 rings (SSSR count). The van der Waals surface area contributed by atoms with E-state index < -0.39 is 5.60 Å². The molecule has 1 aromatic carbocycles. The number of rotatable bonds is 4. The van der Waals surface area contributed by atoms with Crippen molar-refractivity contribution in [3.8, 4) is 5.75 Å². The summed E-state index contributed by atoms with van der Waals surface area (Å²) in [6.07, 6.45) is 6.44. The van der Waals surface area contributed by atoms with E-state index in [9.17, 15) is 9.18 Å². The van der Waals surface area contributed by atoms with Crippen molar-refractivity contribution in [2.24, 2.45) is 0 Å². The van der Waals surface area contributed by atoms with Gasteiger partial charge in [0.05, 0.1) is 6.61 Å². The molecule has 2 aromatic heterocycles. The number of hydrogen-bond acceptors (Lipinski definition) is 7. The molecular formula is C25H31FN6O3. The summed E-state index contributed by atoms with van der Waals surface area (Å²) < 4.78 is 27.5. The predicted octanol–water partition coefficient (Wildman–Crippen LogP) is 4.32. The van der Waals surface area contributed by atoms with Gasteiger partial charge in [0.25, 0.3) is 0 Å². The molecule has 10 heteroatoms. The Balaban J connectivity index is 1.32. The third-order valence-corrected chi connectivity index (χ3v) is 6.54. The van der Waals surface area contributed by atoms with Gasteiger partial charge in [-0.15, -0.1) is 10.2 Å². The molecule has 35 heavy (non-hydrogen) atoms. The Morgan fingerprint density at radius 1 is 1.29 bits per heavy atom. The number of aromatic nitrogens is 4. The fraction of sp³-hybridized carbons (Fsp3) is 0.520. The van der Waals surface area contributed by atoms with Crippen molar-refractivity contribution in [3.63, 3.8) is 0 Å². The molecule has 0 radical (unpaired) electrons. The highest BCUT2D eigenvalue weighted by atomic mass is 19.1. The number of fused-ring (bicyclic) bond motifs is 2. The number of anilines is 1. The lowest BCUT2D eigenvalue weighted by molar-refractivity contribution is 0.0256. The number of carbonyl (C=O) groups excluding carboxylic acids is 1. The molecule has 1 unspecified atom stereocenters. The van der Waals surface area contributed by atoms with Crippen LogP contribution in [0.1, 0.15) is 62.6 Å². The van der Waals surface area contributed by atoms with Gasteiger partial charge in [0.1, 0.15) is 23.5 Å². The first kappa shape index (κ1) is 23.3. The number of nitrogens with zero attached hydrogens (tertiary/aromatic N) is 5. The van der Waals surface area contributed by atoms with E-state index >= 15 is 0 Å². The molecule has 1 fully saturated rings. The molecule has 9 nitrogen and oxygen atoms in total. The topological polar surface area (TPSA) is 93.9 Å². The third-order valence-electron chi connectivity index (χ3n) is 6.54. The van der Waals surface area contributed by atoms with Gasteiger partial charge in [-0.2, -0.15) is 0 Å². The molecule has 0 spiro atoms. The van der Waals surface area contributed by atoms with E-state index in [1.54, 1.807) is 17.3 Å². The SMILES string of the molecule is CC(C)(C)OC(=O)N1CCCC(c2cnc(NCc3c(F)ccc4c3CCO4)n3cnnc23)CC1. The van der Waals surface area contributed by atoms with E-state index in [2.05, 4.69) is 20.5 Å². The van der Waals surface area contributed by atoms with Gasteiger partial charge in [0, 0.05) is 48.9 Å². The van der Waals surface area contributed by atoms with Crippen molar-refractivity contribution in [2.75, 3.05) is 25.0 Å². The highest BCUT2D eigenvalue weighted by molar-refractivity contribution is 5.68. The summed E-state index contributed by atoms with van der Waals surface area (Å²) in [5.74, 6) is 1.23. The predicted molar refractivity (Wildman–Crippen MR) is 128 cm³/mol. The lowest BCUT2D eigenvalue weighted by Crippen LogP contribution is -2.37. The molecule has 0 bridgehead atoms. The van der Waals surface area contributed by atoms with Crippen LogP contribution in [0.2, 0.25) is 0 Å². The van der Waals surface area contributed by atoms with Crippen LogP contribution in [0, 0.1) is 5.82 Å². The van der Waals surface area contributed by atoms with Gasteiger partial charge < -0.3 is 19.7 Å². The van der Waals surface area contributed by atoms with Crippen LogP contribution in [0.5, 0.6) is 5.75 Å². The Bertz CT molecular complexity index is 1240. The first-order valence-electron chi connectivity index (χ1n) is 12.1. The molecule has 0 saturated carbocycles. The van der Waals surface area contributed by atoms with E-state index in [0.717, 1.165) is 41.8 Å². The molecular weight excluding hydrogens is 451 g/mol. The first-order chi connectivity index (χ1) is 16.8. The lowest BCUT2D eigenvalue weighted by Gasteiger charge is -2.26. The Morgan fingerprint density at radius 3 is 2.97 bits per heavy atom.